The van der Waals surface area contributed by atoms with Gasteiger partial charge in [-0.1, -0.05) is 44.5 Å². The van der Waals surface area contributed by atoms with Gasteiger partial charge in [-0.25, -0.2) is 4.98 Å². The predicted molar refractivity (Wildman–Crippen MR) is 145 cm³/mol. The van der Waals surface area contributed by atoms with Crippen LogP contribution in [0.5, 0.6) is 0 Å². The highest BCUT2D eigenvalue weighted by molar-refractivity contribution is 6.01. The molecule has 0 spiro atoms. The molecule has 2 aliphatic heterocycles. The van der Waals surface area contributed by atoms with E-state index >= 15 is 0 Å². The van der Waals surface area contributed by atoms with Crippen LogP contribution in [-0.2, 0) is 4.79 Å². The van der Waals surface area contributed by atoms with Crippen LogP contribution in [0.4, 0.5) is 0 Å². The Kier molecular flexibility index (Phi) is 5.55. The molecule has 2 aromatic carbocycles. The number of H-pyrrole nitrogens is 2. The maximum Gasteiger partial charge on any atom is 0.290 e. The van der Waals surface area contributed by atoms with Gasteiger partial charge in [-0.15, -0.1) is 0 Å². The van der Waals surface area contributed by atoms with Gasteiger partial charge >= 0.3 is 0 Å². The fourth-order valence-corrected chi connectivity index (χ4v) is 5.77. The number of imidazole rings is 1. The van der Waals surface area contributed by atoms with Gasteiger partial charge in [0.05, 0.1) is 23.1 Å². The number of fused-ring (bicyclic) bond motifs is 4. The standard InChI is InChI=1S/C29H32N6O3/c1-16-9-10-20-17(11-16)12-23(30-20)26(36)33-24(29(2,3)4)27(37)34-14-19-13-18(34)15-35(19)28(38)25-31-21-7-5-6-8-22(21)32-25/h5-12,18-19,24,30H,13-15H2,1-4H3,(H,31,32)(H,33,36)/t18?,19-,24+/m0/s1. The molecule has 0 saturated carbocycles. The van der Waals surface area contributed by atoms with E-state index in [-0.39, 0.29) is 29.8 Å². The highest BCUT2D eigenvalue weighted by atomic mass is 16.2. The van der Waals surface area contributed by atoms with Crippen molar-refractivity contribution in [2.24, 2.45) is 5.41 Å². The molecule has 1 unspecified atom stereocenters. The summed E-state index contributed by atoms with van der Waals surface area (Å²) in [4.78, 5) is 54.7. The van der Waals surface area contributed by atoms with Gasteiger partial charge in [0, 0.05) is 24.0 Å². The Hall–Kier alpha value is -4.14. The molecule has 4 aromatic rings. The van der Waals surface area contributed by atoms with Crippen LogP contribution in [0.25, 0.3) is 21.9 Å². The van der Waals surface area contributed by atoms with Crippen molar-refractivity contribution in [3.63, 3.8) is 0 Å². The van der Waals surface area contributed by atoms with Crippen LogP contribution < -0.4 is 5.32 Å². The zero-order valence-electron chi connectivity index (χ0n) is 22.0. The summed E-state index contributed by atoms with van der Waals surface area (Å²) in [7, 11) is 0. The number of amides is 3. The van der Waals surface area contributed by atoms with Gasteiger partial charge in [0.2, 0.25) is 5.91 Å². The molecule has 38 heavy (non-hydrogen) atoms. The monoisotopic (exact) mass is 512 g/mol. The third-order valence-electron chi connectivity index (χ3n) is 7.79. The highest BCUT2D eigenvalue weighted by Gasteiger charge is 2.50. The van der Waals surface area contributed by atoms with Crippen molar-refractivity contribution in [3.8, 4) is 0 Å². The summed E-state index contributed by atoms with van der Waals surface area (Å²) in [6.07, 6.45) is 0.726. The van der Waals surface area contributed by atoms with E-state index < -0.39 is 11.5 Å². The fourth-order valence-electron chi connectivity index (χ4n) is 5.77. The lowest BCUT2D eigenvalue weighted by atomic mass is 9.85. The van der Waals surface area contributed by atoms with Crippen LogP contribution in [0.2, 0.25) is 0 Å². The molecule has 9 heteroatoms. The van der Waals surface area contributed by atoms with Crippen LogP contribution in [0, 0.1) is 12.3 Å². The number of rotatable bonds is 4. The molecule has 3 amide bonds. The molecular weight excluding hydrogens is 480 g/mol. The van der Waals surface area contributed by atoms with Crippen LogP contribution >= 0.6 is 0 Å². The van der Waals surface area contributed by atoms with Gasteiger partial charge in [-0.3, -0.25) is 14.4 Å². The van der Waals surface area contributed by atoms with E-state index in [0.717, 1.165) is 33.9 Å². The highest BCUT2D eigenvalue weighted by Crippen LogP contribution is 2.34. The maximum absolute atomic E-state index is 13.8. The van der Waals surface area contributed by atoms with Crippen LogP contribution in [-0.4, -0.2) is 73.7 Å². The lowest BCUT2D eigenvalue weighted by Crippen LogP contribution is -2.59. The van der Waals surface area contributed by atoms with E-state index in [1.807, 2.05) is 86.0 Å². The van der Waals surface area contributed by atoms with Gasteiger partial charge < -0.3 is 25.1 Å². The molecule has 9 nitrogen and oxygen atoms in total. The van der Waals surface area contributed by atoms with Crippen molar-refractivity contribution in [2.45, 2.75) is 52.2 Å². The number of piperazine rings is 1. The third-order valence-corrected chi connectivity index (χ3v) is 7.79. The summed E-state index contributed by atoms with van der Waals surface area (Å²) in [5.41, 5.74) is 3.50. The molecule has 196 valence electrons. The van der Waals surface area contributed by atoms with Crippen molar-refractivity contribution in [1.82, 2.24) is 30.1 Å². The summed E-state index contributed by atoms with van der Waals surface area (Å²) in [5, 5.41) is 3.96. The minimum Gasteiger partial charge on any atom is -0.351 e. The number of para-hydroxylation sites is 2. The molecule has 3 atom stereocenters. The van der Waals surface area contributed by atoms with Crippen molar-refractivity contribution in [1.29, 1.82) is 0 Å². The number of benzene rings is 2. The molecule has 3 N–H and O–H groups in total. The molecule has 4 heterocycles. The molecule has 6 rings (SSSR count). The fraction of sp³-hybridized carbons (Fsp3) is 0.379. The number of likely N-dealkylation sites (tertiary alicyclic amines) is 2. The van der Waals surface area contributed by atoms with E-state index in [0.29, 0.717) is 24.6 Å². The third kappa shape index (κ3) is 4.12. The topological polar surface area (TPSA) is 114 Å². The van der Waals surface area contributed by atoms with Gasteiger partial charge in [-0.2, -0.15) is 0 Å². The normalized spacial score (nSPS) is 19.9. The SMILES string of the molecule is Cc1ccc2[nH]c(C(=O)N[C@H](C(=O)N3C[C@@H]4CC3CN4C(=O)c3nc4ccccc4[nH]3)C(C)(C)C)cc2c1. The minimum atomic E-state index is -0.706. The second-order valence-corrected chi connectivity index (χ2v) is 11.6. The summed E-state index contributed by atoms with van der Waals surface area (Å²) in [5.74, 6) is -0.236. The van der Waals surface area contributed by atoms with Crippen molar-refractivity contribution >= 4 is 39.7 Å². The summed E-state index contributed by atoms with van der Waals surface area (Å²) in [6, 6.07) is 14.5. The number of nitrogens with one attached hydrogen (secondary N) is 3. The van der Waals surface area contributed by atoms with E-state index in [4.69, 9.17) is 0 Å². The molecular formula is C29H32N6O3. The first-order valence-electron chi connectivity index (χ1n) is 13.0. The largest absolute Gasteiger partial charge is 0.351 e. The van der Waals surface area contributed by atoms with E-state index in [1.165, 1.54) is 0 Å². The van der Waals surface area contributed by atoms with Gasteiger partial charge in [0.1, 0.15) is 11.7 Å². The Bertz CT molecular complexity index is 1540. The molecule has 0 radical (unpaired) electrons. The first-order valence-corrected chi connectivity index (χ1v) is 13.0. The molecule has 2 bridgehead atoms. The average Bonchev–Trinajstić information content (AvgIpc) is 3.66. The van der Waals surface area contributed by atoms with E-state index in [2.05, 4.69) is 20.3 Å². The number of aromatic amines is 2. The molecule has 2 saturated heterocycles. The van der Waals surface area contributed by atoms with Crippen LogP contribution in [0.3, 0.4) is 0 Å². The summed E-state index contributed by atoms with van der Waals surface area (Å²) >= 11 is 0. The molecule has 2 aliphatic rings. The Morgan fingerprint density at radius 1 is 0.974 bits per heavy atom. The Morgan fingerprint density at radius 3 is 2.42 bits per heavy atom. The zero-order valence-corrected chi connectivity index (χ0v) is 22.0. The summed E-state index contributed by atoms with van der Waals surface area (Å²) < 4.78 is 0. The lowest BCUT2D eigenvalue weighted by Gasteiger charge is -2.39. The second-order valence-electron chi connectivity index (χ2n) is 11.6. The number of carbonyl (C=O) groups is 3. The molecule has 2 fully saturated rings. The van der Waals surface area contributed by atoms with Crippen LogP contribution in [0.1, 0.15) is 53.9 Å². The van der Waals surface area contributed by atoms with Crippen molar-refractivity contribution < 1.29 is 14.4 Å². The Morgan fingerprint density at radius 2 is 1.71 bits per heavy atom. The molecule has 2 aromatic heterocycles. The number of aryl methyl sites for hydroxylation is 1. The quantitative estimate of drug-likeness (QED) is 0.387. The maximum atomic E-state index is 13.8. The Labute approximate surface area is 220 Å². The van der Waals surface area contributed by atoms with Crippen molar-refractivity contribution in [3.05, 3.63) is 65.6 Å². The summed E-state index contributed by atoms with van der Waals surface area (Å²) in [6.45, 7) is 8.78. The minimum absolute atomic E-state index is 0.0714. The number of hydrogen-bond donors (Lipinski definition) is 3. The average molecular weight is 513 g/mol. The lowest BCUT2D eigenvalue weighted by molar-refractivity contribution is -0.138. The van der Waals surface area contributed by atoms with Gasteiger partial charge in [-0.05, 0) is 49.1 Å². The number of hydrogen-bond acceptors (Lipinski definition) is 4. The first-order chi connectivity index (χ1) is 18.1. The zero-order chi connectivity index (χ0) is 26.8. The van der Waals surface area contributed by atoms with Crippen LogP contribution in [0.15, 0.2) is 48.5 Å². The van der Waals surface area contributed by atoms with Gasteiger partial charge in [0.25, 0.3) is 11.8 Å². The van der Waals surface area contributed by atoms with E-state index in [1.54, 1.807) is 0 Å². The van der Waals surface area contributed by atoms with Crippen molar-refractivity contribution in [2.75, 3.05) is 13.1 Å². The predicted octanol–water partition coefficient (Wildman–Crippen LogP) is 3.62. The molecule has 0 aliphatic carbocycles. The Balaban J connectivity index is 1.17. The van der Waals surface area contributed by atoms with E-state index in [9.17, 15) is 14.4 Å². The second kappa shape index (κ2) is 8.72. The first kappa shape index (κ1) is 24.2. The van der Waals surface area contributed by atoms with Gasteiger partial charge in [0.15, 0.2) is 5.82 Å². The number of carbonyl (C=O) groups excluding carboxylic acids is 3. The number of aromatic nitrogens is 3. The smallest absolute Gasteiger partial charge is 0.290 e. The number of nitrogens with zero attached hydrogens (tertiary/aromatic N) is 3.